The van der Waals surface area contributed by atoms with Crippen molar-refractivity contribution < 1.29 is 13.9 Å². The van der Waals surface area contributed by atoms with Crippen LogP contribution in [-0.4, -0.2) is 12.7 Å². The Balaban J connectivity index is 2.49. The van der Waals surface area contributed by atoms with Crippen molar-refractivity contribution in [3.8, 4) is 5.75 Å². The number of fused-ring (bicyclic) bond motifs is 1. The van der Waals surface area contributed by atoms with Gasteiger partial charge in [0.1, 0.15) is 0 Å². The lowest BCUT2D eigenvalue weighted by atomic mass is 10.0. The Morgan fingerprint density at radius 2 is 2.43 bits per heavy atom. The molecule has 0 bridgehead atoms. The molecule has 2 rings (SSSR count). The van der Waals surface area contributed by atoms with Crippen LogP contribution in [0.25, 0.3) is 0 Å². The van der Waals surface area contributed by atoms with Crippen LogP contribution in [0.15, 0.2) is 23.2 Å². The zero-order valence-electron chi connectivity index (χ0n) is 7.37. The lowest BCUT2D eigenvalue weighted by molar-refractivity contribution is 0.256. The molecule has 0 aromatic heterocycles. The molecule has 72 valence electrons. The molecule has 0 N–H and O–H groups in total. The molecule has 1 aliphatic heterocycles. The summed E-state index contributed by atoms with van der Waals surface area (Å²) in [5, 5.41) is 0. The van der Waals surface area contributed by atoms with Gasteiger partial charge in [-0.25, -0.2) is 9.18 Å². The minimum atomic E-state index is -0.409. The van der Waals surface area contributed by atoms with Crippen LogP contribution in [0.1, 0.15) is 18.0 Å². The summed E-state index contributed by atoms with van der Waals surface area (Å²) in [7, 11) is 0. The lowest BCUT2D eigenvalue weighted by Crippen LogP contribution is -2.13. The number of nitrogens with zero attached hydrogens (tertiary/aromatic N) is 1. The second kappa shape index (κ2) is 3.60. The van der Waals surface area contributed by atoms with Crippen molar-refractivity contribution in [2.24, 2.45) is 4.99 Å². The van der Waals surface area contributed by atoms with E-state index in [1.807, 2.05) is 0 Å². The van der Waals surface area contributed by atoms with Crippen LogP contribution < -0.4 is 4.74 Å². The topological polar surface area (TPSA) is 38.7 Å². The fourth-order valence-corrected chi connectivity index (χ4v) is 1.57. The highest BCUT2D eigenvalue weighted by atomic mass is 19.1. The molecule has 0 fully saturated rings. The van der Waals surface area contributed by atoms with E-state index in [4.69, 9.17) is 4.74 Å². The number of hydrogen-bond acceptors (Lipinski definition) is 3. The number of isocyanates is 1. The molecule has 1 unspecified atom stereocenters. The lowest BCUT2D eigenvalue weighted by Gasteiger charge is -2.22. The zero-order valence-corrected chi connectivity index (χ0v) is 7.37. The first-order valence-electron chi connectivity index (χ1n) is 4.31. The molecule has 1 atom stereocenters. The molecule has 0 amide bonds. The molecular formula is C10H8FNO2. The van der Waals surface area contributed by atoms with E-state index in [0.717, 1.165) is 0 Å². The third-order valence-corrected chi connectivity index (χ3v) is 2.20. The fourth-order valence-electron chi connectivity index (χ4n) is 1.57. The number of ether oxygens (including phenoxy) is 1. The average Bonchev–Trinajstić information content (AvgIpc) is 2.20. The van der Waals surface area contributed by atoms with E-state index in [-0.39, 0.29) is 11.8 Å². The largest absolute Gasteiger partial charge is 0.490 e. The first-order valence-corrected chi connectivity index (χ1v) is 4.31. The van der Waals surface area contributed by atoms with E-state index in [1.165, 1.54) is 12.1 Å². The number of hydrogen-bond donors (Lipinski definition) is 0. The molecule has 1 aromatic rings. The van der Waals surface area contributed by atoms with Gasteiger partial charge < -0.3 is 4.74 Å². The molecule has 0 saturated heterocycles. The van der Waals surface area contributed by atoms with Crippen molar-refractivity contribution in [3.63, 3.8) is 0 Å². The van der Waals surface area contributed by atoms with Crippen LogP contribution in [0.4, 0.5) is 4.39 Å². The van der Waals surface area contributed by atoms with Gasteiger partial charge in [0.2, 0.25) is 6.08 Å². The van der Waals surface area contributed by atoms with Gasteiger partial charge >= 0.3 is 0 Å². The summed E-state index contributed by atoms with van der Waals surface area (Å²) in [5.41, 5.74) is 0.625. The van der Waals surface area contributed by atoms with E-state index in [0.29, 0.717) is 18.6 Å². The first kappa shape index (κ1) is 8.91. The Labute approximate surface area is 80.2 Å². The van der Waals surface area contributed by atoms with Gasteiger partial charge in [-0.3, -0.25) is 0 Å². The van der Waals surface area contributed by atoms with Crippen LogP contribution in [0, 0.1) is 5.82 Å². The number of carbonyl (C=O) groups excluding carboxylic acids is 1. The van der Waals surface area contributed by atoms with Gasteiger partial charge in [-0.15, -0.1) is 0 Å². The van der Waals surface area contributed by atoms with Gasteiger partial charge in [0.05, 0.1) is 12.6 Å². The van der Waals surface area contributed by atoms with Crippen molar-refractivity contribution in [1.29, 1.82) is 0 Å². The molecule has 0 spiro atoms. The number of para-hydroxylation sites is 1. The Morgan fingerprint density at radius 1 is 1.57 bits per heavy atom. The van der Waals surface area contributed by atoms with Crippen molar-refractivity contribution in [3.05, 3.63) is 29.6 Å². The van der Waals surface area contributed by atoms with Crippen LogP contribution in [0.2, 0.25) is 0 Å². The number of aliphatic imine (C=N–C) groups is 1. The predicted molar refractivity (Wildman–Crippen MR) is 47.4 cm³/mol. The van der Waals surface area contributed by atoms with Crippen LogP contribution in [-0.2, 0) is 4.79 Å². The van der Waals surface area contributed by atoms with E-state index >= 15 is 0 Å². The van der Waals surface area contributed by atoms with E-state index in [1.54, 1.807) is 12.1 Å². The Kier molecular flexibility index (Phi) is 2.29. The molecule has 0 radical (unpaired) electrons. The second-order valence-corrected chi connectivity index (χ2v) is 3.03. The molecule has 3 nitrogen and oxygen atoms in total. The summed E-state index contributed by atoms with van der Waals surface area (Å²) in [4.78, 5) is 13.8. The predicted octanol–water partition coefficient (Wildman–Crippen LogP) is 1.99. The minimum absolute atomic E-state index is 0.211. The van der Waals surface area contributed by atoms with Gasteiger partial charge in [0, 0.05) is 12.0 Å². The zero-order chi connectivity index (χ0) is 9.97. The summed E-state index contributed by atoms with van der Waals surface area (Å²) in [6.45, 7) is 0.379. The first-order chi connectivity index (χ1) is 6.83. The Bertz CT molecular complexity index is 399. The monoisotopic (exact) mass is 193 g/mol. The highest BCUT2D eigenvalue weighted by Gasteiger charge is 2.23. The Morgan fingerprint density at radius 3 is 3.21 bits per heavy atom. The highest BCUT2D eigenvalue weighted by Crippen LogP contribution is 2.35. The molecule has 1 aliphatic rings. The van der Waals surface area contributed by atoms with Crippen LogP contribution in [0.3, 0.4) is 0 Å². The maximum Gasteiger partial charge on any atom is 0.235 e. The SMILES string of the molecule is O=C=NC1CCOc2c(F)cccc21. The molecule has 0 aliphatic carbocycles. The molecule has 0 saturated carbocycles. The summed E-state index contributed by atoms with van der Waals surface area (Å²) >= 11 is 0. The standard InChI is InChI=1S/C10H8FNO2/c11-8-3-1-2-7-9(12-6-13)4-5-14-10(7)8/h1-3,9H,4-5H2. The third-order valence-electron chi connectivity index (χ3n) is 2.20. The van der Waals surface area contributed by atoms with Crippen molar-refractivity contribution in [2.75, 3.05) is 6.61 Å². The average molecular weight is 193 g/mol. The number of halogens is 1. The van der Waals surface area contributed by atoms with Crippen LogP contribution >= 0.6 is 0 Å². The van der Waals surface area contributed by atoms with Gasteiger partial charge in [0.25, 0.3) is 0 Å². The fraction of sp³-hybridized carbons (Fsp3) is 0.300. The summed E-state index contributed by atoms with van der Waals surface area (Å²) in [5.74, 6) is -0.198. The van der Waals surface area contributed by atoms with E-state index < -0.39 is 5.82 Å². The van der Waals surface area contributed by atoms with Crippen molar-refractivity contribution in [2.45, 2.75) is 12.5 Å². The minimum Gasteiger partial charge on any atom is -0.490 e. The van der Waals surface area contributed by atoms with Gasteiger partial charge in [0.15, 0.2) is 11.6 Å². The van der Waals surface area contributed by atoms with Gasteiger partial charge in [-0.1, -0.05) is 12.1 Å². The Hall–Kier alpha value is -1.67. The quantitative estimate of drug-likeness (QED) is 0.505. The van der Waals surface area contributed by atoms with Crippen molar-refractivity contribution >= 4 is 6.08 Å². The van der Waals surface area contributed by atoms with Gasteiger partial charge in [-0.05, 0) is 6.07 Å². The summed E-state index contributed by atoms with van der Waals surface area (Å²) in [6, 6.07) is 4.30. The molecule has 14 heavy (non-hydrogen) atoms. The number of benzene rings is 1. The maximum absolute atomic E-state index is 13.2. The molecular weight excluding hydrogens is 185 g/mol. The van der Waals surface area contributed by atoms with Crippen molar-refractivity contribution in [1.82, 2.24) is 0 Å². The van der Waals surface area contributed by atoms with Crippen LogP contribution in [0.5, 0.6) is 5.75 Å². The van der Waals surface area contributed by atoms with E-state index in [9.17, 15) is 9.18 Å². The smallest absolute Gasteiger partial charge is 0.235 e. The van der Waals surface area contributed by atoms with E-state index in [2.05, 4.69) is 4.99 Å². The molecule has 1 heterocycles. The number of rotatable bonds is 1. The normalized spacial score (nSPS) is 19.1. The third kappa shape index (κ3) is 1.40. The maximum atomic E-state index is 13.2. The second-order valence-electron chi connectivity index (χ2n) is 3.03. The summed E-state index contributed by atoms with van der Waals surface area (Å²) in [6.07, 6.45) is 2.08. The highest BCUT2D eigenvalue weighted by molar-refractivity contribution is 5.42. The molecule has 1 aromatic carbocycles. The van der Waals surface area contributed by atoms with Gasteiger partial charge in [-0.2, -0.15) is 4.99 Å². The molecule has 4 heteroatoms. The summed E-state index contributed by atoms with van der Waals surface area (Å²) < 4.78 is 18.4.